The van der Waals surface area contributed by atoms with Crippen molar-refractivity contribution in [1.29, 1.82) is 0 Å². The van der Waals surface area contributed by atoms with Crippen molar-refractivity contribution < 1.29 is 31.3 Å². The number of nitrogens with zero attached hydrogens (tertiary/aromatic N) is 1. The lowest BCUT2D eigenvalue weighted by Crippen LogP contribution is -2.18. The van der Waals surface area contributed by atoms with Crippen LogP contribution in [0.25, 0.3) is 0 Å². The first kappa shape index (κ1) is 17.0. The van der Waals surface area contributed by atoms with E-state index in [1.165, 1.54) is 0 Å². The molecule has 0 amide bonds. The van der Waals surface area contributed by atoms with Crippen LogP contribution in [-0.4, -0.2) is 46.8 Å². The molecular weight excluding hydrogens is 326 g/mol. The van der Waals surface area contributed by atoms with Gasteiger partial charge in [-0.05, 0) is 12.1 Å². The Kier molecular flexibility index (Phi) is 4.69. The Bertz CT molecular complexity index is 794. The number of nitro benzene ring substituents is 1. The topological polar surface area (TPSA) is 138 Å². The highest BCUT2D eigenvalue weighted by Crippen LogP contribution is 2.27. The summed E-state index contributed by atoms with van der Waals surface area (Å²) in [4.78, 5) is 19.8. The Labute approximate surface area is 120 Å². The average molecular weight is 337 g/mol. The number of carbonyl (C=O) groups excluding carboxylic acids is 1. The van der Waals surface area contributed by atoms with E-state index >= 15 is 0 Å². The van der Waals surface area contributed by atoms with Gasteiger partial charge in [-0.25, -0.2) is 16.8 Å². The van der Waals surface area contributed by atoms with Crippen molar-refractivity contribution >= 4 is 31.3 Å². The molecule has 11 heteroatoms. The van der Waals surface area contributed by atoms with E-state index in [0.717, 1.165) is 25.5 Å². The third-order valence-electron chi connectivity index (χ3n) is 2.43. The number of nitro groups is 1. The molecule has 0 fully saturated rings. The number of ether oxygens (including phenoxy) is 1. The smallest absolute Gasteiger partial charge is 0.321 e. The highest BCUT2D eigenvalue weighted by Gasteiger charge is 2.29. The Morgan fingerprint density at radius 2 is 1.86 bits per heavy atom. The van der Waals surface area contributed by atoms with Crippen LogP contribution in [0.3, 0.4) is 0 Å². The highest BCUT2D eigenvalue weighted by atomic mass is 32.2. The van der Waals surface area contributed by atoms with E-state index in [4.69, 9.17) is 0 Å². The summed E-state index contributed by atoms with van der Waals surface area (Å²) < 4.78 is 50.8. The SMILES string of the molecule is COC(=O)CS(=O)(=O)c1ccc(S(C)(=O)=O)cc1[N+](=O)[O-]. The summed E-state index contributed by atoms with van der Waals surface area (Å²) in [6, 6.07) is 2.35. The average Bonchev–Trinajstić information content (AvgIpc) is 2.36. The molecule has 9 nitrogen and oxygen atoms in total. The molecule has 0 bridgehead atoms. The van der Waals surface area contributed by atoms with Gasteiger partial charge in [0.1, 0.15) is 4.90 Å². The van der Waals surface area contributed by atoms with E-state index in [2.05, 4.69) is 4.74 Å². The van der Waals surface area contributed by atoms with Crippen molar-refractivity contribution in [3.05, 3.63) is 28.3 Å². The van der Waals surface area contributed by atoms with Crippen LogP contribution in [-0.2, 0) is 29.2 Å². The maximum Gasteiger partial charge on any atom is 0.321 e. The fraction of sp³-hybridized carbons (Fsp3) is 0.300. The fourth-order valence-electron chi connectivity index (χ4n) is 1.43. The Balaban J connectivity index is 3.51. The number of hydrogen-bond acceptors (Lipinski definition) is 8. The summed E-state index contributed by atoms with van der Waals surface area (Å²) in [5.41, 5.74) is -0.915. The molecule has 116 valence electrons. The minimum absolute atomic E-state index is 0.397. The maximum absolute atomic E-state index is 11.9. The van der Waals surface area contributed by atoms with Crippen molar-refractivity contribution in [3.63, 3.8) is 0 Å². The van der Waals surface area contributed by atoms with Gasteiger partial charge in [-0.15, -0.1) is 0 Å². The number of carbonyl (C=O) groups is 1. The second kappa shape index (κ2) is 5.77. The molecule has 1 aromatic carbocycles. The molecule has 1 rings (SSSR count). The molecule has 0 saturated heterocycles. The summed E-state index contributed by atoms with van der Waals surface area (Å²) in [6.45, 7) is 0. The zero-order chi connectivity index (χ0) is 16.4. The van der Waals surface area contributed by atoms with Crippen LogP contribution in [0, 0.1) is 10.1 Å². The summed E-state index contributed by atoms with van der Waals surface area (Å²) in [5.74, 6) is -2.17. The number of benzene rings is 1. The van der Waals surface area contributed by atoms with Gasteiger partial charge < -0.3 is 4.74 Å². The van der Waals surface area contributed by atoms with E-state index in [1.807, 2.05) is 0 Å². The van der Waals surface area contributed by atoms with Gasteiger partial charge in [0.25, 0.3) is 5.69 Å². The minimum Gasteiger partial charge on any atom is -0.468 e. The van der Waals surface area contributed by atoms with Gasteiger partial charge >= 0.3 is 5.97 Å². The van der Waals surface area contributed by atoms with E-state index in [9.17, 15) is 31.7 Å². The summed E-state index contributed by atoms with van der Waals surface area (Å²) in [5, 5.41) is 10.9. The second-order valence-corrected chi connectivity index (χ2v) is 7.97. The molecule has 21 heavy (non-hydrogen) atoms. The van der Waals surface area contributed by atoms with Crippen molar-refractivity contribution in [2.24, 2.45) is 0 Å². The van der Waals surface area contributed by atoms with Crippen LogP contribution in [0.4, 0.5) is 5.69 Å². The van der Waals surface area contributed by atoms with Crippen LogP contribution < -0.4 is 0 Å². The number of methoxy groups -OCH3 is 1. The van der Waals surface area contributed by atoms with Crippen molar-refractivity contribution in [2.45, 2.75) is 9.79 Å². The maximum atomic E-state index is 11.9. The first-order chi connectivity index (χ1) is 9.49. The van der Waals surface area contributed by atoms with Crippen LogP contribution in [0.2, 0.25) is 0 Å². The Hall–Kier alpha value is -2.01. The van der Waals surface area contributed by atoms with E-state index in [0.29, 0.717) is 6.07 Å². The predicted molar refractivity (Wildman–Crippen MR) is 70.3 cm³/mol. The summed E-state index contributed by atoms with van der Waals surface area (Å²) in [7, 11) is -7.09. The molecule has 0 unspecified atom stereocenters. The largest absolute Gasteiger partial charge is 0.468 e. The van der Waals surface area contributed by atoms with Crippen LogP contribution in [0.5, 0.6) is 0 Å². The molecule has 0 atom stereocenters. The molecule has 0 aliphatic rings. The van der Waals surface area contributed by atoms with Crippen LogP contribution in [0.1, 0.15) is 0 Å². The monoisotopic (exact) mass is 337 g/mol. The van der Waals surface area contributed by atoms with Gasteiger partial charge in [0.15, 0.2) is 25.4 Å². The van der Waals surface area contributed by atoms with E-state index in [-0.39, 0.29) is 0 Å². The number of hydrogen-bond donors (Lipinski definition) is 0. The predicted octanol–water partition coefficient (Wildman–Crippen LogP) is -0.0550. The first-order valence-electron chi connectivity index (χ1n) is 5.27. The standard InChI is InChI=1S/C10H11NO8S2/c1-19-10(12)6-21(17,18)9-4-3-7(20(2,15)16)5-8(9)11(13)14/h3-5H,6H2,1-2H3. The van der Waals surface area contributed by atoms with Crippen molar-refractivity contribution in [3.8, 4) is 0 Å². The number of sulfone groups is 2. The number of esters is 1. The lowest BCUT2D eigenvalue weighted by atomic mass is 10.3. The molecule has 0 radical (unpaired) electrons. The fourth-order valence-corrected chi connectivity index (χ4v) is 3.38. The van der Waals surface area contributed by atoms with Crippen LogP contribution in [0.15, 0.2) is 28.0 Å². The molecular formula is C10H11NO8S2. The van der Waals surface area contributed by atoms with Gasteiger partial charge in [0, 0.05) is 12.3 Å². The Morgan fingerprint density at radius 1 is 1.29 bits per heavy atom. The van der Waals surface area contributed by atoms with Gasteiger partial charge in [0.2, 0.25) is 0 Å². The van der Waals surface area contributed by atoms with Crippen molar-refractivity contribution in [1.82, 2.24) is 0 Å². The third-order valence-corrected chi connectivity index (χ3v) is 5.17. The molecule has 0 saturated carbocycles. The van der Waals surface area contributed by atoms with E-state index in [1.54, 1.807) is 0 Å². The highest BCUT2D eigenvalue weighted by molar-refractivity contribution is 7.92. The van der Waals surface area contributed by atoms with Gasteiger partial charge in [-0.3, -0.25) is 14.9 Å². The van der Waals surface area contributed by atoms with Crippen LogP contribution >= 0.6 is 0 Å². The lowest BCUT2D eigenvalue weighted by Gasteiger charge is -2.06. The van der Waals surface area contributed by atoms with Gasteiger partial charge in [-0.2, -0.15) is 0 Å². The second-order valence-electron chi connectivity index (χ2n) is 3.99. The zero-order valence-corrected chi connectivity index (χ0v) is 12.6. The quantitative estimate of drug-likeness (QED) is 0.414. The van der Waals surface area contributed by atoms with Gasteiger partial charge in [0.05, 0.1) is 16.9 Å². The summed E-state index contributed by atoms with van der Waals surface area (Å²) in [6.07, 6.45) is 0.828. The minimum atomic E-state index is -4.32. The molecule has 0 spiro atoms. The number of rotatable bonds is 5. The van der Waals surface area contributed by atoms with E-state index < -0.39 is 51.8 Å². The molecule has 0 N–H and O–H groups in total. The molecule has 0 aliphatic heterocycles. The Morgan fingerprint density at radius 3 is 2.29 bits per heavy atom. The third kappa shape index (κ3) is 3.98. The van der Waals surface area contributed by atoms with Crippen molar-refractivity contribution in [2.75, 3.05) is 19.1 Å². The zero-order valence-electron chi connectivity index (χ0n) is 11.0. The molecule has 1 aromatic rings. The lowest BCUT2D eigenvalue weighted by molar-refractivity contribution is -0.388. The molecule has 0 heterocycles. The first-order valence-corrected chi connectivity index (χ1v) is 8.81. The summed E-state index contributed by atoms with van der Waals surface area (Å²) >= 11 is 0. The molecule has 0 aliphatic carbocycles. The molecule has 0 aromatic heterocycles. The van der Waals surface area contributed by atoms with Gasteiger partial charge in [-0.1, -0.05) is 0 Å². The normalized spacial score (nSPS) is 11.9.